The Bertz CT molecular complexity index is 972. The maximum Gasteiger partial charge on any atom is 0.276 e. The number of hydrogen-bond donors (Lipinski definition) is 1. The van der Waals surface area contributed by atoms with E-state index >= 15 is 0 Å². The first-order valence-corrected chi connectivity index (χ1v) is 9.76. The van der Waals surface area contributed by atoms with Crippen molar-refractivity contribution < 1.29 is 14.3 Å². The minimum absolute atomic E-state index is 0.0721. The summed E-state index contributed by atoms with van der Waals surface area (Å²) < 4.78 is 11.3. The molecule has 1 N–H and O–H groups in total. The second-order valence-electron chi connectivity index (χ2n) is 6.68. The number of carbonyl (C=O) groups is 1. The summed E-state index contributed by atoms with van der Waals surface area (Å²) in [5.74, 6) is 1.24. The van der Waals surface area contributed by atoms with Gasteiger partial charge in [-0.1, -0.05) is 29.8 Å². The third-order valence-electron chi connectivity index (χ3n) is 4.66. The smallest absolute Gasteiger partial charge is 0.276 e. The van der Waals surface area contributed by atoms with Crippen molar-refractivity contribution in [1.29, 1.82) is 0 Å². The van der Waals surface area contributed by atoms with Gasteiger partial charge in [-0.15, -0.1) is 0 Å². The predicted octanol–water partition coefficient (Wildman–Crippen LogP) is 4.15. The van der Waals surface area contributed by atoms with E-state index in [1.165, 1.54) is 0 Å². The van der Waals surface area contributed by atoms with E-state index < -0.39 is 0 Å². The molecule has 1 aliphatic heterocycles. The van der Waals surface area contributed by atoms with Gasteiger partial charge in [-0.2, -0.15) is 0 Å². The molecule has 4 rings (SSSR count). The van der Waals surface area contributed by atoms with Gasteiger partial charge in [0.1, 0.15) is 23.8 Å². The quantitative estimate of drug-likeness (QED) is 0.568. The van der Waals surface area contributed by atoms with Crippen molar-refractivity contribution in [3.05, 3.63) is 64.3 Å². The van der Waals surface area contributed by atoms with E-state index in [1.807, 2.05) is 36.4 Å². The molecule has 0 unspecified atom stereocenters. The molecule has 0 radical (unpaired) electrons. The number of para-hydroxylation sites is 1. The van der Waals surface area contributed by atoms with Crippen molar-refractivity contribution in [2.45, 2.75) is 25.5 Å². The zero-order chi connectivity index (χ0) is 19.7. The molecule has 2 aliphatic rings. The summed E-state index contributed by atoms with van der Waals surface area (Å²) >= 11 is 11.5. The Hall–Kier alpha value is -2.57. The van der Waals surface area contributed by atoms with E-state index in [0.717, 1.165) is 24.0 Å². The van der Waals surface area contributed by atoms with Crippen LogP contribution in [-0.4, -0.2) is 29.1 Å². The van der Waals surface area contributed by atoms with E-state index in [1.54, 1.807) is 24.2 Å². The monoisotopic (exact) mass is 414 g/mol. The van der Waals surface area contributed by atoms with Crippen LogP contribution in [0.5, 0.6) is 11.5 Å². The van der Waals surface area contributed by atoms with Crippen molar-refractivity contribution in [3.63, 3.8) is 0 Å². The van der Waals surface area contributed by atoms with Crippen LogP contribution in [0, 0.1) is 0 Å². The van der Waals surface area contributed by atoms with Crippen LogP contribution in [0.2, 0.25) is 5.02 Å². The first kappa shape index (κ1) is 18.8. The van der Waals surface area contributed by atoms with Crippen molar-refractivity contribution in [3.8, 4) is 11.5 Å². The summed E-state index contributed by atoms with van der Waals surface area (Å²) in [5.41, 5.74) is 2.19. The number of nitrogens with one attached hydrogen (secondary N) is 1. The molecule has 28 heavy (non-hydrogen) atoms. The maximum absolute atomic E-state index is 12.6. The van der Waals surface area contributed by atoms with E-state index in [0.29, 0.717) is 27.3 Å². The van der Waals surface area contributed by atoms with E-state index in [2.05, 4.69) is 5.32 Å². The van der Waals surface area contributed by atoms with Crippen LogP contribution in [0.3, 0.4) is 0 Å². The van der Waals surface area contributed by atoms with Gasteiger partial charge in [0.15, 0.2) is 5.11 Å². The lowest BCUT2D eigenvalue weighted by molar-refractivity contribution is -0.122. The molecular formula is C21H19ClN2O3S. The minimum Gasteiger partial charge on any atom is -0.496 e. The third kappa shape index (κ3) is 3.84. The van der Waals surface area contributed by atoms with Crippen LogP contribution < -0.4 is 14.8 Å². The Morgan fingerprint density at radius 3 is 2.75 bits per heavy atom. The lowest BCUT2D eigenvalue weighted by atomic mass is 10.1. The fourth-order valence-electron chi connectivity index (χ4n) is 3.10. The number of methoxy groups -OCH3 is 1. The Morgan fingerprint density at radius 2 is 2.04 bits per heavy atom. The Balaban J connectivity index is 1.56. The molecule has 2 aromatic carbocycles. The first-order valence-electron chi connectivity index (χ1n) is 8.97. The van der Waals surface area contributed by atoms with Gasteiger partial charge in [-0.25, -0.2) is 0 Å². The SMILES string of the molecule is COc1ccc(/C=C2/NC(=S)N(C3CC3)C2=O)cc1COc1ccccc1Cl. The fraction of sp³-hybridized carbons (Fsp3) is 0.238. The lowest BCUT2D eigenvalue weighted by Gasteiger charge is -2.12. The summed E-state index contributed by atoms with van der Waals surface area (Å²) in [7, 11) is 1.61. The number of hydrogen-bond acceptors (Lipinski definition) is 4. The summed E-state index contributed by atoms with van der Waals surface area (Å²) in [5, 5.41) is 4.06. The normalized spacial score (nSPS) is 17.8. The molecule has 1 heterocycles. The van der Waals surface area contributed by atoms with Crippen LogP contribution in [-0.2, 0) is 11.4 Å². The molecule has 0 spiro atoms. The molecule has 1 amide bonds. The van der Waals surface area contributed by atoms with Crippen LogP contribution in [0.4, 0.5) is 0 Å². The van der Waals surface area contributed by atoms with Gasteiger partial charge in [0.25, 0.3) is 5.91 Å². The standard InChI is InChI=1S/C21H19ClN2O3S/c1-26-18-9-6-13(10-14(18)12-27-19-5-3-2-4-16(19)22)11-17-20(25)24(15-7-8-15)21(28)23-17/h2-6,9-11,15H,7-8,12H2,1H3,(H,23,28)/b17-11+. The molecular weight excluding hydrogens is 396 g/mol. The first-order chi connectivity index (χ1) is 13.6. The predicted molar refractivity (Wildman–Crippen MR) is 112 cm³/mol. The minimum atomic E-state index is -0.0721. The summed E-state index contributed by atoms with van der Waals surface area (Å²) in [4.78, 5) is 14.3. The number of nitrogens with zero attached hydrogens (tertiary/aromatic N) is 1. The van der Waals surface area contributed by atoms with Crippen LogP contribution in [0.15, 0.2) is 48.2 Å². The average Bonchev–Trinajstić information content (AvgIpc) is 3.48. The number of halogens is 1. The maximum atomic E-state index is 12.6. The summed E-state index contributed by atoms with van der Waals surface area (Å²) in [6.07, 6.45) is 3.81. The van der Waals surface area contributed by atoms with Crippen LogP contribution in [0.1, 0.15) is 24.0 Å². The van der Waals surface area contributed by atoms with Crippen LogP contribution >= 0.6 is 23.8 Å². The molecule has 0 aromatic heterocycles. The highest BCUT2D eigenvalue weighted by Crippen LogP contribution is 2.31. The number of rotatable bonds is 6. The largest absolute Gasteiger partial charge is 0.496 e. The average molecular weight is 415 g/mol. The summed E-state index contributed by atoms with van der Waals surface area (Å²) in [6, 6.07) is 13.2. The Kier molecular flexibility index (Phi) is 5.24. The van der Waals surface area contributed by atoms with Gasteiger partial charge < -0.3 is 14.8 Å². The highest BCUT2D eigenvalue weighted by molar-refractivity contribution is 7.80. The molecule has 144 valence electrons. The van der Waals surface area contributed by atoms with Crippen LogP contribution in [0.25, 0.3) is 6.08 Å². The molecule has 1 saturated carbocycles. The van der Waals surface area contributed by atoms with E-state index in [-0.39, 0.29) is 18.6 Å². The zero-order valence-electron chi connectivity index (χ0n) is 15.3. The molecule has 0 atom stereocenters. The van der Waals surface area contributed by atoms with Crippen molar-refractivity contribution in [2.75, 3.05) is 7.11 Å². The zero-order valence-corrected chi connectivity index (χ0v) is 16.8. The molecule has 2 aromatic rings. The number of amides is 1. The van der Waals surface area contributed by atoms with Gasteiger partial charge in [0, 0.05) is 11.6 Å². The molecule has 5 nitrogen and oxygen atoms in total. The van der Waals surface area contributed by atoms with Gasteiger partial charge >= 0.3 is 0 Å². The van der Waals surface area contributed by atoms with Gasteiger partial charge in [-0.3, -0.25) is 9.69 Å². The summed E-state index contributed by atoms with van der Waals surface area (Å²) in [6.45, 7) is 0.290. The van der Waals surface area contributed by atoms with E-state index in [9.17, 15) is 4.79 Å². The second kappa shape index (κ2) is 7.81. The second-order valence-corrected chi connectivity index (χ2v) is 7.48. The Labute approximate surface area is 173 Å². The molecule has 2 fully saturated rings. The van der Waals surface area contributed by atoms with Gasteiger partial charge in [-0.05, 0) is 61.0 Å². The number of carbonyl (C=O) groups excluding carboxylic acids is 1. The van der Waals surface area contributed by atoms with Crippen molar-refractivity contribution in [2.24, 2.45) is 0 Å². The topological polar surface area (TPSA) is 50.8 Å². The van der Waals surface area contributed by atoms with Gasteiger partial charge in [0.05, 0.1) is 12.1 Å². The number of ether oxygens (including phenoxy) is 2. The number of thiocarbonyl (C=S) groups is 1. The highest BCUT2D eigenvalue weighted by Gasteiger charge is 2.41. The third-order valence-corrected chi connectivity index (χ3v) is 5.27. The van der Waals surface area contributed by atoms with Crippen molar-refractivity contribution in [1.82, 2.24) is 10.2 Å². The molecule has 1 saturated heterocycles. The lowest BCUT2D eigenvalue weighted by Crippen LogP contribution is -2.32. The van der Waals surface area contributed by atoms with Gasteiger partial charge in [0.2, 0.25) is 0 Å². The highest BCUT2D eigenvalue weighted by atomic mass is 35.5. The fourth-order valence-corrected chi connectivity index (χ4v) is 3.63. The number of benzene rings is 2. The molecule has 7 heteroatoms. The molecule has 1 aliphatic carbocycles. The van der Waals surface area contributed by atoms with E-state index in [4.69, 9.17) is 33.3 Å². The van der Waals surface area contributed by atoms with Crippen molar-refractivity contribution >= 4 is 40.9 Å². The molecule has 0 bridgehead atoms. The Morgan fingerprint density at radius 1 is 1.25 bits per heavy atom.